The summed E-state index contributed by atoms with van der Waals surface area (Å²) in [5.41, 5.74) is 4.23. The summed E-state index contributed by atoms with van der Waals surface area (Å²) in [6.45, 7) is 4.22. The quantitative estimate of drug-likeness (QED) is 0.877. The van der Waals surface area contributed by atoms with Crippen LogP contribution in [0.1, 0.15) is 42.5 Å². The first-order chi connectivity index (χ1) is 12.5. The first-order valence-electron chi connectivity index (χ1n) is 8.87. The van der Waals surface area contributed by atoms with E-state index in [9.17, 15) is 9.59 Å². The van der Waals surface area contributed by atoms with E-state index in [1.54, 1.807) is 12.1 Å². The Morgan fingerprint density at radius 2 is 1.92 bits per heavy atom. The van der Waals surface area contributed by atoms with Crippen LogP contribution in [0.3, 0.4) is 0 Å². The van der Waals surface area contributed by atoms with Crippen LogP contribution in [0, 0.1) is 6.92 Å². The minimum absolute atomic E-state index is 0.0222. The fourth-order valence-electron chi connectivity index (χ4n) is 3.57. The van der Waals surface area contributed by atoms with E-state index in [0.29, 0.717) is 11.6 Å². The van der Waals surface area contributed by atoms with Gasteiger partial charge in [-0.15, -0.1) is 0 Å². The predicted molar refractivity (Wildman–Crippen MR) is 104 cm³/mol. The molecule has 0 spiro atoms. The molecule has 2 aromatic carbocycles. The molecule has 3 rings (SSSR count). The van der Waals surface area contributed by atoms with Gasteiger partial charge in [0.1, 0.15) is 0 Å². The highest BCUT2D eigenvalue weighted by Crippen LogP contribution is 2.32. The van der Waals surface area contributed by atoms with Crippen LogP contribution in [0.2, 0.25) is 5.02 Å². The van der Waals surface area contributed by atoms with E-state index in [1.165, 1.54) is 12.5 Å². The lowest BCUT2D eigenvalue weighted by molar-refractivity contribution is -0.121. The van der Waals surface area contributed by atoms with Crippen LogP contribution >= 0.6 is 11.6 Å². The summed E-state index contributed by atoms with van der Waals surface area (Å²) in [5.74, 6) is -0.137. The number of anilines is 1. The number of nitrogens with zero attached hydrogens (tertiary/aromatic N) is 1. The Hall–Kier alpha value is -2.33. The van der Waals surface area contributed by atoms with Crippen molar-refractivity contribution in [2.24, 2.45) is 0 Å². The van der Waals surface area contributed by atoms with Crippen molar-refractivity contribution >= 4 is 29.1 Å². The summed E-state index contributed by atoms with van der Waals surface area (Å²) in [7, 11) is 0. The zero-order valence-electron chi connectivity index (χ0n) is 15.1. The zero-order chi connectivity index (χ0) is 18.7. The van der Waals surface area contributed by atoms with Gasteiger partial charge in [-0.3, -0.25) is 9.59 Å². The van der Waals surface area contributed by atoms with Crippen molar-refractivity contribution in [1.29, 1.82) is 0 Å². The Labute approximate surface area is 159 Å². The van der Waals surface area contributed by atoms with Gasteiger partial charge in [-0.25, -0.2) is 0 Å². The Bertz CT molecular complexity index is 817. The summed E-state index contributed by atoms with van der Waals surface area (Å²) in [5, 5.41) is 3.52. The van der Waals surface area contributed by atoms with Crippen LogP contribution in [-0.4, -0.2) is 18.4 Å². The van der Waals surface area contributed by atoms with Crippen molar-refractivity contribution < 1.29 is 9.59 Å². The number of para-hydroxylation sites is 1. The number of aryl methyl sites for hydroxylation is 2. The maximum absolute atomic E-state index is 13.1. The number of hydrogen-bond acceptors (Lipinski definition) is 2. The minimum Gasteiger partial charge on any atom is -0.349 e. The van der Waals surface area contributed by atoms with Crippen LogP contribution in [0.25, 0.3) is 0 Å². The highest BCUT2D eigenvalue weighted by molar-refractivity contribution is 6.30. The molecule has 26 heavy (non-hydrogen) atoms. The molecule has 0 radical (unpaired) electrons. The molecule has 1 heterocycles. The third-order valence-corrected chi connectivity index (χ3v) is 5.00. The van der Waals surface area contributed by atoms with E-state index >= 15 is 0 Å². The van der Waals surface area contributed by atoms with Gasteiger partial charge in [0.15, 0.2) is 0 Å². The summed E-state index contributed by atoms with van der Waals surface area (Å²) >= 11 is 5.96. The van der Waals surface area contributed by atoms with Crippen molar-refractivity contribution in [3.63, 3.8) is 0 Å². The molecule has 4 nitrogen and oxygen atoms in total. The lowest BCUT2D eigenvalue weighted by atomic mass is 9.96. The molecule has 0 bridgehead atoms. The van der Waals surface area contributed by atoms with Gasteiger partial charge >= 0.3 is 0 Å². The zero-order valence-corrected chi connectivity index (χ0v) is 15.8. The van der Waals surface area contributed by atoms with Gasteiger partial charge in [-0.2, -0.15) is 0 Å². The van der Waals surface area contributed by atoms with Crippen LogP contribution in [0.5, 0.6) is 0 Å². The first-order valence-corrected chi connectivity index (χ1v) is 9.25. The SMILES string of the molecule is CC(=O)NC(CC(=O)N1CCCc2cccc(C)c21)c1ccc(Cl)cc1. The molecule has 0 aliphatic carbocycles. The monoisotopic (exact) mass is 370 g/mol. The number of hydrogen-bond donors (Lipinski definition) is 1. The smallest absolute Gasteiger partial charge is 0.229 e. The van der Waals surface area contributed by atoms with Crippen LogP contribution in [-0.2, 0) is 16.0 Å². The van der Waals surface area contributed by atoms with Gasteiger partial charge in [0, 0.05) is 24.2 Å². The van der Waals surface area contributed by atoms with Crippen molar-refractivity contribution in [3.05, 3.63) is 64.2 Å². The second kappa shape index (κ2) is 7.92. The highest BCUT2D eigenvalue weighted by Gasteiger charge is 2.27. The van der Waals surface area contributed by atoms with Gasteiger partial charge < -0.3 is 10.2 Å². The Balaban J connectivity index is 1.85. The molecular weight excluding hydrogens is 348 g/mol. The highest BCUT2D eigenvalue weighted by atomic mass is 35.5. The van der Waals surface area contributed by atoms with Crippen LogP contribution in [0.4, 0.5) is 5.69 Å². The lowest BCUT2D eigenvalue weighted by Crippen LogP contribution is -2.39. The van der Waals surface area contributed by atoms with Crippen molar-refractivity contribution in [1.82, 2.24) is 5.32 Å². The van der Waals surface area contributed by atoms with E-state index in [4.69, 9.17) is 11.6 Å². The fourth-order valence-corrected chi connectivity index (χ4v) is 3.70. The van der Waals surface area contributed by atoms with Crippen molar-refractivity contribution in [3.8, 4) is 0 Å². The number of benzene rings is 2. The second-order valence-corrected chi connectivity index (χ2v) is 7.18. The largest absolute Gasteiger partial charge is 0.349 e. The number of halogens is 1. The summed E-state index contributed by atoms with van der Waals surface area (Å²) in [6.07, 6.45) is 2.16. The molecule has 1 aliphatic heterocycles. The molecule has 5 heteroatoms. The van der Waals surface area contributed by atoms with Gasteiger partial charge in [0.2, 0.25) is 11.8 Å². The average Bonchev–Trinajstić information content (AvgIpc) is 2.61. The summed E-state index contributed by atoms with van der Waals surface area (Å²) < 4.78 is 0. The second-order valence-electron chi connectivity index (χ2n) is 6.74. The molecule has 1 aliphatic rings. The molecule has 1 unspecified atom stereocenters. The normalized spacial score (nSPS) is 14.5. The van der Waals surface area contributed by atoms with E-state index < -0.39 is 0 Å². The third-order valence-electron chi connectivity index (χ3n) is 4.75. The molecule has 136 valence electrons. The third kappa shape index (κ3) is 4.07. The topological polar surface area (TPSA) is 49.4 Å². The number of carbonyl (C=O) groups is 2. The van der Waals surface area contributed by atoms with Gasteiger partial charge in [-0.05, 0) is 48.6 Å². The van der Waals surface area contributed by atoms with E-state index in [2.05, 4.69) is 11.4 Å². The molecule has 1 atom stereocenters. The molecule has 0 saturated carbocycles. The van der Waals surface area contributed by atoms with Crippen LogP contribution < -0.4 is 10.2 Å². The lowest BCUT2D eigenvalue weighted by Gasteiger charge is -2.32. The number of carbonyl (C=O) groups excluding carboxylic acids is 2. The van der Waals surface area contributed by atoms with E-state index in [0.717, 1.165) is 29.7 Å². The molecule has 0 fully saturated rings. The number of nitrogens with one attached hydrogen (secondary N) is 1. The van der Waals surface area contributed by atoms with Crippen LogP contribution in [0.15, 0.2) is 42.5 Å². The number of fused-ring (bicyclic) bond motifs is 1. The maximum Gasteiger partial charge on any atom is 0.229 e. The summed E-state index contributed by atoms with van der Waals surface area (Å²) in [4.78, 5) is 26.6. The summed E-state index contributed by atoms with van der Waals surface area (Å²) in [6, 6.07) is 13.0. The number of rotatable bonds is 4. The van der Waals surface area contributed by atoms with E-state index in [1.807, 2.05) is 36.1 Å². The fraction of sp³-hybridized carbons (Fsp3) is 0.333. The Morgan fingerprint density at radius 3 is 2.62 bits per heavy atom. The first kappa shape index (κ1) is 18.5. The predicted octanol–water partition coefficient (Wildman–Crippen LogP) is 4.20. The average molecular weight is 371 g/mol. The Morgan fingerprint density at radius 1 is 1.19 bits per heavy atom. The van der Waals surface area contributed by atoms with Gasteiger partial charge in [0.25, 0.3) is 0 Å². The van der Waals surface area contributed by atoms with Crippen molar-refractivity contribution in [2.45, 2.75) is 39.2 Å². The standard InChI is InChI=1S/C21H23ClN2O2/c1-14-5-3-6-17-7-4-12-24(21(14)17)20(26)13-19(23-15(2)25)16-8-10-18(22)11-9-16/h3,5-6,8-11,19H,4,7,12-13H2,1-2H3,(H,23,25). The van der Waals surface area contributed by atoms with Gasteiger partial charge in [-0.1, -0.05) is 41.9 Å². The molecule has 1 N–H and O–H groups in total. The van der Waals surface area contributed by atoms with Gasteiger partial charge in [0.05, 0.1) is 12.5 Å². The molecule has 2 aromatic rings. The molecular formula is C21H23ClN2O2. The maximum atomic E-state index is 13.1. The Kier molecular flexibility index (Phi) is 5.62. The minimum atomic E-state index is -0.369. The van der Waals surface area contributed by atoms with E-state index in [-0.39, 0.29) is 24.3 Å². The molecule has 0 saturated heterocycles. The molecule has 2 amide bonds. The van der Waals surface area contributed by atoms with Crippen molar-refractivity contribution in [2.75, 3.05) is 11.4 Å². The molecule has 0 aromatic heterocycles. The number of amides is 2.